The first-order valence-corrected chi connectivity index (χ1v) is 4.81. The molecule has 1 aliphatic rings. The number of piperidine rings is 1. The van der Waals surface area contributed by atoms with Crippen molar-refractivity contribution >= 4 is 9.24 Å². The van der Waals surface area contributed by atoms with Gasteiger partial charge in [0.05, 0.1) is 0 Å². The molecular weight excluding hydrogens is 129 g/mol. The molecule has 1 atom stereocenters. The normalized spacial score (nSPS) is 20.3. The van der Waals surface area contributed by atoms with Gasteiger partial charge in [0, 0.05) is 0 Å². The van der Waals surface area contributed by atoms with Crippen LogP contribution in [0.3, 0.4) is 0 Å². The molecule has 0 aromatic rings. The van der Waals surface area contributed by atoms with Crippen molar-refractivity contribution in [1.29, 1.82) is 0 Å². The van der Waals surface area contributed by atoms with Crippen LogP contribution >= 0.6 is 9.24 Å². The summed E-state index contributed by atoms with van der Waals surface area (Å²) in [5, 5.41) is 0. The van der Waals surface area contributed by atoms with Crippen LogP contribution in [-0.2, 0) is 0 Å². The number of nitrogens with zero attached hydrogens (tertiary/aromatic N) is 1. The van der Waals surface area contributed by atoms with Gasteiger partial charge in [0.1, 0.15) is 0 Å². The first kappa shape index (κ1) is 9.39. The van der Waals surface area contributed by atoms with Crippen LogP contribution in [-0.4, -0.2) is 31.7 Å². The summed E-state index contributed by atoms with van der Waals surface area (Å²) in [4.78, 5) is 2.39. The molecule has 1 unspecified atom stereocenters. The molecule has 1 rings (SSSR count). The predicted octanol–water partition coefficient (Wildman–Crippen LogP) is 1.59. The molecule has 0 saturated carbocycles. The second kappa shape index (κ2) is 6.51. The lowest BCUT2D eigenvalue weighted by molar-refractivity contribution is 0.277. The highest BCUT2D eigenvalue weighted by Gasteiger charge is 2.02. The van der Waals surface area contributed by atoms with Gasteiger partial charge in [0.15, 0.2) is 0 Å². The number of rotatable bonds is 0. The van der Waals surface area contributed by atoms with Crippen molar-refractivity contribution in [3.05, 3.63) is 0 Å². The molecule has 1 heterocycles. The Morgan fingerprint density at radius 3 is 1.67 bits per heavy atom. The van der Waals surface area contributed by atoms with Crippen molar-refractivity contribution in [2.24, 2.45) is 0 Å². The molecule has 0 amide bonds. The molecule has 1 aliphatic heterocycles. The van der Waals surface area contributed by atoms with Crippen LogP contribution in [0.1, 0.15) is 19.3 Å². The Balaban J connectivity index is 0.000000291. The lowest BCUT2D eigenvalue weighted by Crippen LogP contribution is -2.24. The summed E-state index contributed by atoms with van der Waals surface area (Å²) < 4.78 is 0. The van der Waals surface area contributed by atoms with E-state index in [1.807, 2.05) is 6.66 Å². The van der Waals surface area contributed by atoms with E-state index in [4.69, 9.17) is 0 Å². The first-order chi connectivity index (χ1) is 4.39. The van der Waals surface area contributed by atoms with Gasteiger partial charge >= 0.3 is 0 Å². The third-order valence-electron chi connectivity index (χ3n) is 1.58. The molecule has 0 aromatic heterocycles. The minimum absolute atomic E-state index is 1.32. The first-order valence-electron chi connectivity index (χ1n) is 3.66. The zero-order valence-corrected chi connectivity index (χ0v) is 7.71. The van der Waals surface area contributed by atoms with Crippen LogP contribution in [0.15, 0.2) is 0 Å². The van der Waals surface area contributed by atoms with Crippen molar-refractivity contribution in [2.45, 2.75) is 19.3 Å². The molecule has 1 saturated heterocycles. The lowest BCUT2D eigenvalue weighted by atomic mass is 10.1. The highest BCUT2D eigenvalue weighted by atomic mass is 31.0. The van der Waals surface area contributed by atoms with Gasteiger partial charge in [0.2, 0.25) is 0 Å². The van der Waals surface area contributed by atoms with Crippen molar-refractivity contribution in [2.75, 3.05) is 26.8 Å². The molecule has 1 fully saturated rings. The van der Waals surface area contributed by atoms with Crippen molar-refractivity contribution in [3.63, 3.8) is 0 Å². The summed E-state index contributed by atoms with van der Waals surface area (Å²) in [6, 6.07) is 0. The molecule has 0 N–H and O–H groups in total. The van der Waals surface area contributed by atoms with Gasteiger partial charge < -0.3 is 4.90 Å². The average Bonchev–Trinajstić information content (AvgIpc) is 1.94. The van der Waals surface area contributed by atoms with E-state index in [1.165, 1.54) is 32.4 Å². The summed E-state index contributed by atoms with van der Waals surface area (Å²) in [5.41, 5.74) is 0. The zero-order valence-electron chi connectivity index (χ0n) is 6.56. The third-order valence-corrected chi connectivity index (χ3v) is 1.58. The number of hydrogen-bond donors (Lipinski definition) is 0. The average molecular weight is 147 g/mol. The summed E-state index contributed by atoms with van der Waals surface area (Å²) in [6.45, 7) is 4.56. The van der Waals surface area contributed by atoms with E-state index in [1.54, 1.807) is 0 Å². The molecule has 9 heavy (non-hydrogen) atoms. The Morgan fingerprint density at radius 2 is 1.44 bits per heavy atom. The maximum atomic E-state index is 2.42. The lowest BCUT2D eigenvalue weighted by Gasteiger charge is -2.20. The van der Waals surface area contributed by atoms with Crippen LogP contribution in [0, 0.1) is 0 Å². The van der Waals surface area contributed by atoms with E-state index in [0.29, 0.717) is 0 Å². The Hall–Kier alpha value is 0.390. The Labute approximate surface area is 61.0 Å². The fraction of sp³-hybridized carbons (Fsp3) is 1.00. The van der Waals surface area contributed by atoms with Gasteiger partial charge in [-0.2, -0.15) is 0 Å². The second-order valence-corrected chi connectivity index (χ2v) is 2.36. The third kappa shape index (κ3) is 4.87. The van der Waals surface area contributed by atoms with Gasteiger partial charge in [-0.3, -0.25) is 0 Å². The van der Waals surface area contributed by atoms with Crippen LogP contribution in [0.4, 0.5) is 0 Å². The van der Waals surface area contributed by atoms with Crippen LogP contribution < -0.4 is 0 Å². The highest BCUT2D eigenvalue weighted by molar-refractivity contribution is 7.15. The van der Waals surface area contributed by atoms with Gasteiger partial charge in [-0.15, -0.1) is 9.24 Å². The summed E-state index contributed by atoms with van der Waals surface area (Å²) in [5.74, 6) is 0. The molecule has 0 aromatic carbocycles. The molecular formula is C7H18NP. The quantitative estimate of drug-likeness (QED) is 0.470. The maximum Gasteiger partial charge on any atom is -0.00218 e. The Morgan fingerprint density at radius 1 is 1.00 bits per heavy atom. The SMILES string of the molecule is CN1CCCCC1.CP. The summed E-state index contributed by atoms with van der Waals surface area (Å²) in [6.07, 6.45) is 4.28. The molecule has 0 radical (unpaired) electrons. The minimum atomic E-state index is 1.32. The van der Waals surface area contributed by atoms with Gasteiger partial charge in [0.25, 0.3) is 0 Å². The molecule has 2 heteroatoms. The predicted molar refractivity (Wildman–Crippen MR) is 47.0 cm³/mol. The fourth-order valence-electron chi connectivity index (χ4n) is 1.05. The fourth-order valence-corrected chi connectivity index (χ4v) is 1.05. The summed E-state index contributed by atoms with van der Waals surface area (Å²) >= 11 is 0. The van der Waals surface area contributed by atoms with E-state index in [2.05, 4.69) is 21.2 Å². The van der Waals surface area contributed by atoms with E-state index in [9.17, 15) is 0 Å². The molecule has 0 aliphatic carbocycles. The van der Waals surface area contributed by atoms with E-state index >= 15 is 0 Å². The standard InChI is InChI=1S/C6H13N.CH5P/c1-7-5-3-2-4-6-7;1-2/h2-6H2,1H3;2H2,1H3. The minimum Gasteiger partial charge on any atom is -0.306 e. The van der Waals surface area contributed by atoms with Crippen molar-refractivity contribution in [1.82, 2.24) is 4.90 Å². The maximum absolute atomic E-state index is 2.42. The molecule has 56 valence electrons. The van der Waals surface area contributed by atoms with Crippen LogP contribution in [0.5, 0.6) is 0 Å². The van der Waals surface area contributed by atoms with Crippen molar-refractivity contribution < 1.29 is 0 Å². The van der Waals surface area contributed by atoms with Gasteiger partial charge in [-0.25, -0.2) is 0 Å². The van der Waals surface area contributed by atoms with Crippen molar-refractivity contribution in [3.8, 4) is 0 Å². The van der Waals surface area contributed by atoms with Gasteiger partial charge in [-0.1, -0.05) is 13.1 Å². The van der Waals surface area contributed by atoms with E-state index in [0.717, 1.165) is 0 Å². The van der Waals surface area contributed by atoms with Gasteiger partial charge in [-0.05, 0) is 33.0 Å². The van der Waals surface area contributed by atoms with Crippen LogP contribution in [0.25, 0.3) is 0 Å². The molecule has 0 bridgehead atoms. The zero-order chi connectivity index (χ0) is 7.11. The van der Waals surface area contributed by atoms with Crippen LogP contribution in [0.2, 0.25) is 0 Å². The second-order valence-electron chi connectivity index (χ2n) is 2.36. The smallest absolute Gasteiger partial charge is 0.00218 e. The Bertz CT molecular complexity index is 50.9. The Kier molecular flexibility index (Phi) is 6.79. The summed E-state index contributed by atoms with van der Waals surface area (Å²) in [7, 11) is 4.61. The molecule has 1 nitrogen and oxygen atoms in total. The largest absolute Gasteiger partial charge is 0.306 e. The molecule has 0 spiro atoms. The number of likely N-dealkylation sites (tertiary alicyclic amines) is 1. The highest BCUT2D eigenvalue weighted by Crippen LogP contribution is 2.04. The monoisotopic (exact) mass is 147 g/mol. The van der Waals surface area contributed by atoms with E-state index < -0.39 is 0 Å². The number of hydrogen-bond acceptors (Lipinski definition) is 1. The topological polar surface area (TPSA) is 3.24 Å². The van der Waals surface area contributed by atoms with E-state index in [-0.39, 0.29) is 0 Å².